The smallest absolute Gasteiger partial charge is 0.00726 e. The summed E-state index contributed by atoms with van der Waals surface area (Å²) in [7, 11) is 2.23. The molecule has 0 radical (unpaired) electrons. The highest BCUT2D eigenvalue weighted by Gasteiger charge is 2.42. The third kappa shape index (κ3) is 2.32. The van der Waals surface area contributed by atoms with Crippen LogP contribution in [0.2, 0.25) is 0 Å². The zero-order valence-corrected chi connectivity index (χ0v) is 11.9. The highest BCUT2D eigenvalue weighted by atomic mass is 15.1. The molecule has 1 heterocycles. The van der Waals surface area contributed by atoms with E-state index in [-0.39, 0.29) is 5.41 Å². The van der Waals surface area contributed by atoms with Crippen LogP contribution in [0.5, 0.6) is 0 Å². The average molecular weight is 246 g/mol. The Morgan fingerprint density at radius 2 is 1.94 bits per heavy atom. The first-order valence-corrected chi connectivity index (χ1v) is 7.06. The molecule has 2 nitrogen and oxygen atoms in total. The average Bonchev–Trinajstić information content (AvgIpc) is 2.37. The van der Waals surface area contributed by atoms with Crippen LogP contribution in [0, 0.1) is 5.92 Å². The third-order valence-electron chi connectivity index (χ3n) is 4.86. The first kappa shape index (κ1) is 13.6. The lowest BCUT2D eigenvalue weighted by atomic mass is 9.63. The number of piperidine rings is 1. The van der Waals surface area contributed by atoms with E-state index in [1.807, 2.05) is 0 Å². The number of rotatable bonds is 3. The first-order chi connectivity index (χ1) is 8.60. The number of benzene rings is 1. The van der Waals surface area contributed by atoms with Gasteiger partial charge in [0.25, 0.3) is 0 Å². The van der Waals surface area contributed by atoms with Crippen molar-refractivity contribution in [2.75, 3.05) is 20.1 Å². The van der Waals surface area contributed by atoms with Gasteiger partial charge in [-0.15, -0.1) is 0 Å². The Morgan fingerprint density at radius 1 is 1.28 bits per heavy atom. The van der Waals surface area contributed by atoms with Crippen LogP contribution in [0.3, 0.4) is 0 Å². The first-order valence-electron chi connectivity index (χ1n) is 7.06. The van der Waals surface area contributed by atoms with Gasteiger partial charge in [-0.3, -0.25) is 0 Å². The maximum Gasteiger partial charge on any atom is 0.00726 e. The van der Waals surface area contributed by atoms with Gasteiger partial charge in [0.15, 0.2) is 0 Å². The third-order valence-corrected chi connectivity index (χ3v) is 4.86. The second kappa shape index (κ2) is 5.41. The Morgan fingerprint density at radius 3 is 2.56 bits per heavy atom. The van der Waals surface area contributed by atoms with Gasteiger partial charge < -0.3 is 10.6 Å². The van der Waals surface area contributed by atoms with Crippen molar-refractivity contribution in [2.24, 2.45) is 11.7 Å². The van der Waals surface area contributed by atoms with Crippen LogP contribution in [-0.4, -0.2) is 31.1 Å². The van der Waals surface area contributed by atoms with Crippen molar-refractivity contribution in [3.05, 3.63) is 35.9 Å². The minimum atomic E-state index is 0.266. The van der Waals surface area contributed by atoms with E-state index in [4.69, 9.17) is 5.73 Å². The molecule has 1 aliphatic rings. The molecule has 1 aromatic carbocycles. The van der Waals surface area contributed by atoms with Crippen molar-refractivity contribution in [3.63, 3.8) is 0 Å². The highest BCUT2D eigenvalue weighted by Crippen LogP contribution is 2.43. The molecular formula is C16H26N2. The summed E-state index contributed by atoms with van der Waals surface area (Å²) in [4.78, 5) is 2.47. The molecule has 0 unspecified atom stereocenters. The molecule has 0 amide bonds. The van der Waals surface area contributed by atoms with Gasteiger partial charge in [0.05, 0.1) is 0 Å². The lowest BCUT2D eigenvalue weighted by Crippen LogP contribution is -2.52. The number of hydrogen-bond donors (Lipinski definition) is 1. The number of likely N-dealkylation sites (tertiary alicyclic amines) is 1. The molecule has 100 valence electrons. The van der Waals surface area contributed by atoms with Crippen LogP contribution in [0.1, 0.15) is 32.3 Å². The number of nitrogens with zero attached hydrogens (tertiary/aromatic N) is 1. The number of nitrogens with two attached hydrogens (primary N) is 1. The van der Waals surface area contributed by atoms with Crippen LogP contribution < -0.4 is 5.73 Å². The predicted molar refractivity (Wildman–Crippen MR) is 77.7 cm³/mol. The van der Waals surface area contributed by atoms with E-state index in [2.05, 4.69) is 56.1 Å². The number of hydrogen-bond acceptors (Lipinski definition) is 2. The van der Waals surface area contributed by atoms with Crippen LogP contribution in [0.15, 0.2) is 30.3 Å². The summed E-state index contributed by atoms with van der Waals surface area (Å²) < 4.78 is 0. The fourth-order valence-electron chi connectivity index (χ4n) is 3.59. The Balaban J connectivity index is 2.37. The lowest BCUT2D eigenvalue weighted by Gasteiger charge is -2.49. The van der Waals surface area contributed by atoms with E-state index in [0.29, 0.717) is 12.0 Å². The highest BCUT2D eigenvalue weighted by molar-refractivity contribution is 5.28. The SMILES string of the molecule is C[C@@H]1C[C@](CCN)(c2ccccc2)[C@H](C)CN1C. The second-order valence-corrected chi connectivity index (χ2v) is 5.95. The topological polar surface area (TPSA) is 29.3 Å². The molecule has 1 saturated heterocycles. The van der Waals surface area contributed by atoms with Gasteiger partial charge in [-0.2, -0.15) is 0 Å². The molecule has 2 N–H and O–H groups in total. The largest absolute Gasteiger partial charge is 0.330 e. The van der Waals surface area contributed by atoms with E-state index >= 15 is 0 Å². The Kier molecular flexibility index (Phi) is 4.08. The van der Waals surface area contributed by atoms with Crippen molar-refractivity contribution >= 4 is 0 Å². The molecule has 0 aromatic heterocycles. The van der Waals surface area contributed by atoms with E-state index < -0.39 is 0 Å². The van der Waals surface area contributed by atoms with Gasteiger partial charge in [-0.1, -0.05) is 37.3 Å². The van der Waals surface area contributed by atoms with Gasteiger partial charge >= 0.3 is 0 Å². The molecule has 1 fully saturated rings. The zero-order valence-electron chi connectivity index (χ0n) is 11.9. The molecule has 0 saturated carbocycles. The molecule has 0 spiro atoms. The maximum atomic E-state index is 5.91. The van der Waals surface area contributed by atoms with Gasteiger partial charge in [-0.25, -0.2) is 0 Å². The molecule has 18 heavy (non-hydrogen) atoms. The molecule has 2 rings (SSSR count). The van der Waals surface area contributed by atoms with Crippen molar-refractivity contribution in [3.8, 4) is 0 Å². The van der Waals surface area contributed by atoms with Gasteiger partial charge in [0, 0.05) is 18.0 Å². The maximum absolute atomic E-state index is 5.91. The molecule has 0 bridgehead atoms. The molecule has 1 aliphatic heterocycles. The molecular weight excluding hydrogens is 220 g/mol. The summed E-state index contributed by atoms with van der Waals surface area (Å²) >= 11 is 0. The summed E-state index contributed by atoms with van der Waals surface area (Å²) in [5.41, 5.74) is 7.65. The predicted octanol–water partition coefficient (Wildman–Crippen LogP) is 2.63. The quantitative estimate of drug-likeness (QED) is 0.888. The second-order valence-electron chi connectivity index (χ2n) is 5.95. The van der Waals surface area contributed by atoms with Crippen molar-refractivity contribution in [1.29, 1.82) is 0 Å². The van der Waals surface area contributed by atoms with Crippen molar-refractivity contribution in [1.82, 2.24) is 4.90 Å². The van der Waals surface area contributed by atoms with E-state index in [1.54, 1.807) is 0 Å². The van der Waals surface area contributed by atoms with Crippen LogP contribution in [-0.2, 0) is 5.41 Å². The Labute approximate surface area is 111 Å². The fraction of sp³-hybridized carbons (Fsp3) is 0.625. The van der Waals surface area contributed by atoms with E-state index in [1.165, 1.54) is 12.0 Å². The minimum Gasteiger partial charge on any atom is -0.330 e. The lowest BCUT2D eigenvalue weighted by molar-refractivity contribution is 0.0704. The Hall–Kier alpha value is -0.860. The minimum absolute atomic E-state index is 0.266. The summed E-state index contributed by atoms with van der Waals surface area (Å²) in [5.74, 6) is 0.657. The molecule has 0 aliphatic carbocycles. The van der Waals surface area contributed by atoms with Crippen LogP contribution in [0.25, 0.3) is 0 Å². The summed E-state index contributed by atoms with van der Waals surface area (Å²) in [6.07, 6.45) is 2.31. The van der Waals surface area contributed by atoms with Crippen molar-refractivity contribution < 1.29 is 0 Å². The van der Waals surface area contributed by atoms with E-state index in [9.17, 15) is 0 Å². The standard InChI is InChI=1S/C16H26N2/c1-13-12-18(3)14(2)11-16(13,9-10-17)15-7-5-4-6-8-15/h4-8,13-14H,9-12,17H2,1-3H3/t13-,14-,16+/m1/s1. The summed E-state index contributed by atoms with van der Waals surface area (Å²) in [6.45, 7) is 6.65. The summed E-state index contributed by atoms with van der Waals surface area (Å²) in [6, 6.07) is 11.6. The van der Waals surface area contributed by atoms with Gasteiger partial charge in [-0.05, 0) is 44.8 Å². The van der Waals surface area contributed by atoms with Gasteiger partial charge in [0.1, 0.15) is 0 Å². The van der Waals surface area contributed by atoms with Crippen LogP contribution >= 0.6 is 0 Å². The fourth-order valence-corrected chi connectivity index (χ4v) is 3.59. The van der Waals surface area contributed by atoms with Crippen molar-refractivity contribution in [2.45, 2.75) is 38.1 Å². The van der Waals surface area contributed by atoms with E-state index in [0.717, 1.165) is 19.5 Å². The molecule has 2 heteroatoms. The molecule has 3 atom stereocenters. The Bertz CT molecular complexity index is 376. The molecule has 1 aromatic rings. The normalized spacial score (nSPS) is 33.6. The van der Waals surface area contributed by atoms with Crippen LogP contribution in [0.4, 0.5) is 0 Å². The zero-order chi connectivity index (χ0) is 13.2. The van der Waals surface area contributed by atoms with Gasteiger partial charge in [0.2, 0.25) is 0 Å². The summed E-state index contributed by atoms with van der Waals surface area (Å²) in [5, 5.41) is 0. The monoisotopic (exact) mass is 246 g/mol.